The summed E-state index contributed by atoms with van der Waals surface area (Å²) in [6, 6.07) is 1.42. The Morgan fingerprint density at radius 3 is 3.20 bits per heavy atom. The van der Waals surface area contributed by atoms with E-state index in [1.807, 2.05) is 0 Å². The van der Waals surface area contributed by atoms with Gasteiger partial charge in [-0.1, -0.05) is 0 Å². The monoisotopic (exact) mass is 212 g/mol. The van der Waals surface area contributed by atoms with Crippen molar-refractivity contribution in [3.8, 4) is 0 Å². The van der Waals surface area contributed by atoms with Crippen molar-refractivity contribution >= 4 is 5.97 Å². The van der Waals surface area contributed by atoms with Gasteiger partial charge in [0, 0.05) is 6.61 Å². The van der Waals surface area contributed by atoms with Gasteiger partial charge in [-0.2, -0.15) is 0 Å². The lowest BCUT2D eigenvalue weighted by molar-refractivity contribution is 0.0225. The number of hydrogen-bond acceptors (Lipinski definition) is 4. The van der Waals surface area contributed by atoms with Gasteiger partial charge in [0.2, 0.25) is 0 Å². The Kier molecular flexibility index (Phi) is 3.03. The largest absolute Gasteiger partial charge is 0.478 e. The van der Waals surface area contributed by atoms with Crippen LogP contribution in [-0.2, 0) is 16.1 Å². The van der Waals surface area contributed by atoms with Crippen LogP contribution in [0.2, 0.25) is 0 Å². The molecule has 5 nitrogen and oxygen atoms in total. The molecule has 1 aromatic rings. The summed E-state index contributed by atoms with van der Waals surface area (Å²) in [5.74, 6) is -0.639. The summed E-state index contributed by atoms with van der Waals surface area (Å²) in [5.41, 5.74) is 0.161. The second-order valence-corrected chi connectivity index (χ2v) is 3.36. The molecule has 1 aliphatic rings. The zero-order valence-electron chi connectivity index (χ0n) is 8.14. The van der Waals surface area contributed by atoms with Crippen LogP contribution in [0, 0.1) is 0 Å². The summed E-state index contributed by atoms with van der Waals surface area (Å²) in [5, 5.41) is 8.81. The number of aromatic carboxylic acids is 1. The van der Waals surface area contributed by atoms with E-state index in [9.17, 15) is 4.79 Å². The van der Waals surface area contributed by atoms with E-state index in [4.69, 9.17) is 19.0 Å². The lowest BCUT2D eigenvalue weighted by Crippen LogP contribution is -2.12. The van der Waals surface area contributed by atoms with E-state index in [0.29, 0.717) is 19.0 Å². The molecule has 0 spiro atoms. The Morgan fingerprint density at radius 2 is 2.53 bits per heavy atom. The van der Waals surface area contributed by atoms with Crippen molar-refractivity contribution in [2.24, 2.45) is 0 Å². The molecule has 0 amide bonds. The first-order valence-electron chi connectivity index (χ1n) is 4.76. The number of carboxylic acids is 1. The highest BCUT2D eigenvalue weighted by atomic mass is 16.5. The molecule has 2 rings (SSSR count). The van der Waals surface area contributed by atoms with Crippen LogP contribution in [0.3, 0.4) is 0 Å². The van der Waals surface area contributed by atoms with Gasteiger partial charge in [0.05, 0.1) is 19.0 Å². The second-order valence-electron chi connectivity index (χ2n) is 3.36. The third kappa shape index (κ3) is 2.37. The molecule has 0 aromatic carbocycles. The Hall–Kier alpha value is -1.33. The summed E-state index contributed by atoms with van der Waals surface area (Å²) >= 11 is 0. The average Bonchev–Trinajstić information content (AvgIpc) is 2.86. The van der Waals surface area contributed by atoms with Gasteiger partial charge in [-0.05, 0) is 12.5 Å². The van der Waals surface area contributed by atoms with Crippen LogP contribution in [0.5, 0.6) is 0 Å². The highest BCUT2D eigenvalue weighted by Crippen LogP contribution is 2.15. The maximum Gasteiger partial charge on any atom is 0.339 e. The summed E-state index contributed by atoms with van der Waals surface area (Å²) in [4.78, 5) is 10.7. The zero-order chi connectivity index (χ0) is 10.7. The van der Waals surface area contributed by atoms with Gasteiger partial charge in [0.15, 0.2) is 0 Å². The SMILES string of the molecule is O=C(O)c1ccoc1COC1CCOC1. The van der Waals surface area contributed by atoms with E-state index in [-0.39, 0.29) is 18.3 Å². The smallest absolute Gasteiger partial charge is 0.339 e. The molecule has 1 N–H and O–H groups in total. The highest BCUT2D eigenvalue weighted by Gasteiger charge is 2.19. The summed E-state index contributed by atoms with van der Waals surface area (Å²) in [7, 11) is 0. The standard InChI is InChI=1S/C10H12O5/c11-10(12)8-2-4-14-9(8)6-15-7-1-3-13-5-7/h2,4,7H,1,3,5-6H2,(H,11,12). The average molecular weight is 212 g/mol. The fourth-order valence-corrected chi connectivity index (χ4v) is 1.48. The van der Waals surface area contributed by atoms with Gasteiger partial charge in [0.1, 0.15) is 17.9 Å². The van der Waals surface area contributed by atoms with E-state index in [2.05, 4.69) is 0 Å². The van der Waals surface area contributed by atoms with Crippen LogP contribution in [0.4, 0.5) is 0 Å². The fraction of sp³-hybridized carbons (Fsp3) is 0.500. The maximum absolute atomic E-state index is 10.7. The molecule has 15 heavy (non-hydrogen) atoms. The Labute approximate surface area is 86.6 Å². The van der Waals surface area contributed by atoms with Gasteiger partial charge >= 0.3 is 5.97 Å². The van der Waals surface area contributed by atoms with E-state index in [1.54, 1.807) is 0 Å². The van der Waals surface area contributed by atoms with Crippen molar-refractivity contribution in [1.82, 2.24) is 0 Å². The van der Waals surface area contributed by atoms with Crippen molar-refractivity contribution in [3.63, 3.8) is 0 Å². The zero-order valence-corrected chi connectivity index (χ0v) is 8.14. The molecule has 1 aromatic heterocycles. The fourth-order valence-electron chi connectivity index (χ4n) is 1.48. The topological polar surface area (TPSA) is 68.9 Å². The molecule has 0 aliphatic carbocycles. The molecule has 1 aliphatic heterocycles. The van der Waals surface area contributed by atoms with Crippen molar-refractivity contribution in [2.75, 3.05) is 13.2 Å². The molecule has 2 heterocycles. The van der Waals surface area contributed by atoms with Crippen LogP contribution in [0.15, 0.2) is 16.7 Å². The van der Waals surface area contributed by atoms with Gasteiger partial charge in [0.25, 0.3) is 0 Å². The van der Waals surface area contributed by atoms with Gasteiger partial charge in [-0.25, -0.2) is 4.79 Å². The number of rotatable bonds is 4. The summed E-state index contributed by atoms with van der Waals surface area (Å²) in [6.07, 6.45) is 2.26. The van der Waals surface area contributed by atoms with Crippen LogP contribution in [0.1, 0.15) is 22.5 Å². The number of carbonyl (C=O) groups is 1. The van der Waals surface area contributed by atoms with Crippen molar-refractivity contribution in [1.29, 1.82) is 0 Å². The molecular weight excluding hydrogens is 200 g/mol. The molecule has 1 atom stereocenters. The minimum atomic E-state index is -0.995. The predicted molar refractivity (Wildman–Crippen MR) is 49.7 cm³/mol. The van der Waals surface area contributed by atoms with Crippen molar-refractivity contribution in [2.45, 2.75) is 19.1 Å². The minimum absolute atomic E-state index is 0.0525. The first-order valence-corrected chi connectivity index (χ1v) is 4.76. The second kappa shape index (κ2) is 4.46. The van der Waals surface area contributed by atoms with E-state index >= 15 is 0 Å². The molecule has 82 valence electrons. The van der Waals surface area contributed by atoms with Crippen LogP contribution in [-0.4, -0.2) is 30.4 Å². The van der Waals surface area contributed by atoms with Crippen molar-refractivity contribution in [3.05, 3.63) is 23.7 Å². The molecule has 1 fully saturated rings. The molecular formula is C10H12O5. The molecule has 1 unspecified atom stereocenters. The Balaban J connectivity index is 1.92. The Bertz CT molecular complexity index is 337. The van der Waals surface area contributed by atoms with Gasteiger partial charge in [-0.15, -0.1) is 0 Å². The lowest BCUT2D eigenvalue weighted by atomic mass is 10.2. The minimum Gasteiger partial charge on any atom is -0.478 e. The molecule has 1 saturated heterocycles. The molecule has 0 radical (unpaired) electrons. The number of furan rings is 1. The van der Waals surface area contributed by atoms with Gasteiger partial charge in [-0.3, -0.25) is 0 Å². The summed E-state index contributed by atoms with van der Waals surface area (Å²) in [6.45, 7) is 1.46. The van der Waals surface area contributed by atoms with Crippen LogP contribution >= 0.6 is 0 Å². The third-order valence-corrected chi connectivity index (χ3v) is 2.31. The maximum atomic E-state index is 10.7. The van der Waals surface area contributed by atoms with E-state index < -0.39 is 5.97 Å². The van der Waals surface area contributed by atoms with E-state index in [0.717, 1.165) is 6.42 Å². The number of carboxylic acid groups (broad SMARTS) is 1. The van der Waals surface area contributed by atoms with Crippen LogP contribution in [0.25, 0.3) is 0 Å². The van der Waals surface area contributed by atoms with E-state index in [1.165, 1.54) is 12.3 Å². The molecule has 5 heteroatoms. The third-order valence-electron chi connectivity index (χ3n) is 2.31. The summed E-state index contributed by atoms with van der Waals surface area (Å²) < 4.78 is 15.6. The first-order chi connectivity index (χ1) is 7.27. The molecule has 0 saturated carbocycles. The normalized spacial score (nSPS) is 20.7. The Morgan fingerprint density at radius 1 is 1.67 bits per heavy atom. The predicted octanol–water partition coefficient (Wildman–Crippen LogP) is 1.28. The van der Waals surface area contributed by atoms with Gasteiger partial charge < -0.3 is 19.0 Å². The first kappa shape index (κ1) is 10.2. The highest BCUT2D eigenvalue weighted by molar-refractivity contribution is 5.88. The quantitative estimate of drug-likeness (QED) is 0.814. The van der Waals surface area contributed by atoms with Crippen molar-refractivity contribution < 1.29 is 23.8 Å². The lowest BCUT2D eigenvalue weighted by Gasteiger charge is -2.08. The number of ether oxygens (including phenoxy) is 2. The van der Waals surface area contributed by atoms with Crippen LogP contribution < -0.4 is 0 Å². The molecule has 0 bridgehead atoms. The number of hydrogen-bond donors (Lipinski definition) is 1.